The zero-order chi connectivity index (χ0) is 13.5. The van der Waals surface area contributed by atoms with E-state index in [1.807, 2.05) is 13.1 Å². The first-order chi connectivity index (χ1) is 8.58. The van der Waals surface area contributed by atoms with Gasteiger partial charge in [-0.05, 0) is 18.7 Å². The Kier molecular flexibility index (Phi) is 5.91. The van der Waals surface area contributed by atoms with Gasteiger partial charge in [0, 0.05) is 30.8 Å². The Morgan fingerprint density at radius 3 is 2.83 bits per heavy atom. The van der Waals surface area contributed by atoms with Gasteiger partial charge >= 0.3 is 0 Å². The molecular weight excluding hydrogens is 254 g/mol. The Bertz CT molecular complexity index is 424. The lowest BCUT2D eigenvalue weighted by Crippen LogP contribution is -2.22. The summed E-state index contributed by atoms with van der Waals surface area (Å²) in [7, 11) is 3.67. The first-order valence-corrected chi connectivity index (χ1v) is 5.90. The zero-order valence-electron chi connectivity index (χ0n) is 10.6. The number of hydrogen-bond acceptors (Lipinski definition) is 4. The minimum atomic E-state index is 0.0520. The highest BCUT2D eigenvalue weighted by atomic mass is 35.5. The molecule has 18 heavy (non-hydrogen) atoms. The normalized spacial score (nSPS) is 12.1. The molecule has 0 aliphatic rings. The van der Waals surface area contributed by atoms with Crippen LogP contribution in [0.3, 0.4) is 0 Å². The number of methoxy groups -OCH3 is 1. The number of benzene rings is 1. The quantitative estimate of drug-likeness (QED) is 0.356. The predicted octanol–water partition coefficient (Wildman–Crippen LogP) is 1.51. The molecule has 0 unspecified atom stereocenters. The second-order valence-electron chi connectivity index (χ2n) is 4.02. The maximum Gasteiger partial charge on any atom is 0.170 e. The molecule has 1 rings (SSSR count). The van der Waals surface area contributed by atoms with Crippen molar-refractivity contribution in [1.82, 2.24) is 4.90 Å². The summed E-state index contributed by atoms with van der Waals surface area (Å²) in [6.07, 6.45) is 0. The number of nitrogens with zero attached hydrogens (tertiary/aromatic N) is 2. The molecule has 0 saturated heterocycles. The molecule has 5 nitrogen and oxygen atoms in total. The van der Waals surface area contributed by atoms with Gasteiger partial charge in [0.2, 0.25) is 0 Å². The lowest BCUT2D eigenvalue weighted by atomic mass is 10.1. The Morgan fingerprint density at radius 2 is 2.28 bits per heavy atom. The molecular formula is C12H18ClN3O2. The van der Waals surface area contributed by atoms with Crippen LogP contribution >= 0.6 is 11.6 Å². The standard InChI is InChI=1S/C12H18ClN3O2/c1-16(5-6-18-2)8-10-4-3-9(7-11(10)13)12(14)15-17/h3-4,7,17H,5-6,8H2,1-2H3,(H2,14,15). The Labute approximate surface area is 112 Å². The maximum absolute atomic E-state index is 8.59. The second-order valence-corrected chi connectivity index (χ2v) is 4.43. The van der Waals surface area contributed by atoms with Crippen molar-refractivity contribution in [1.29, 1.82) is 0 Å². The third-order valence-corrected chi connectivity index (χ3v) is 2.93. The average Bonchev–Trinajstić information content (AvgIpc) is 2.37. The molecule has 3 N–H and O–H groups in total. The molecule has 0 saturated carbocycles. The molecule has 0 radical (unpaired) electrons. The van der Waals surface area contributed by atoms with E-state index in [4.69, 9.17) is 27.3 Å². The predicted molar refractivity (Wildman–Crippen MR) is 72.2 cm³/mol. The van der Waals surface area contributed by atoms with Gasteiger partial charge in [-0.25, -0.2) is 0 Å². The number of oxime groups is 1. The van der Waals surface area contributed by atoms with Crippen molar-refractivity contribution in [3.63, 3.8) is 0 Å². The van der Waals surface area contributed by atoms with Gasteiger partial charge in [0.1, 0.15) is 0 Å². The largest absolute Gasteiger partial charge is 0.409 e. The molecule has 100 valence electrons. The van der Waals surface area contributed by atoms with Crippen LogP contribution in [-0.2, 0) is 11.3 Å². The first kappa shape index (κ1) is 14.8. The summed E-state index contributed by atoms with van der Waals surface area (Å²) in [5.41, 5.74) is 7.09. The minimum absolute atomic E-state index is 0.0520. The van der Waals surface area contributed by atoms with Gasteiger partial charge in [-0.1, -0.05) is 28.9 Å². The number of ether oxygens (including phenoxy) is 1. The molecule has 1 aromatic rings. The van der Waals surface area contributed by atoms with E-state index >= 15 is 0 Å². The van der Waals surface area contributed by atoms with Crippen LogP contribution in [0.4, 0.5) is 0 Å². The van der Waals surface area contributed by atoms with E-state index in [-0.39, 0.29) is 5.84 Å². The van der Waals surface area contributed by atoms with Gasteiger partial charge in [0.05, 0.1) is 6.61 Å². The highest BCUT2D eigenvalue weighted by Crippen LogP contribution is 2.19. The van der Waals surface area contributed by atoms with Gasteiger partial charge in [0.25, 0.3) is 0 Å². The number of hydrogen-bond donors (Lipinski definition) is 2. The lowest BCUT2D eigenvalue weighted by Gasteiger charge is -2.17. The zero-order valence-corrected chi connectivity index (χ0v) is 11.3. The summed E-state index contributed by atoms with van der Waals surface area (Å²) in [5.74, 6) is 0.0520. The first-order valence-electron chi connectivity index (χ1n) is 5.52. The monoisotopic (exact) mass is 271 g/mol. The topological polar surface area (TPSA) is 71.1 Å². The summed E-state index contributed by atoms with van der Waals surface area (Å²) >= 11 is 6.16. The van der Waals surface area contributed by atoms with Crippen LogP contribution in [0.5, 0.6) is 0 Å². The van der Waals surface area contributed by atoms with Crippen LogP contribution in [0.25, 0.3) is 0 Å². The Morgan fingerprint density at radius 1 is 1.56 bits per heavy atom. The minimum Gasteiger partial charge on any atom is -0.409 e. The number of nitrogens with two attached hydrogens (primary N) is 1. The molecule has 0 bridgehead atoms. The van der Waals surface area contributed by atoms with Crippen molar-refractivity contribution in [2.75, 3.05) is 27.3 Å². The van der Waals surface area contributed by atoms with Crippen molar-refractivity contribution >= 4 is 17.4 Å². The molecule has 1 aromatic carbocycles. The lowest BCUT2D eigenvalue weighted by molar-refractivity contribution is 0.158. The van der Waals surface area contributed by atoms with E-state index in [1.165, 1.54) is 0 Å². The Hall–Kier alpha value is -1.30. The van der Waals surface area contributed by atoms with Gasteiger partial charge in [0.15, 0.2) is 5.84 Å². The fourth-order valence-corrected chi connectivity index (χ4v) is 1.75. The summed E-state index contributed by atoms with van der Waals surface area (Å²) in [5, 5.41) is 12.1. The molecule has 0 spiro atoms. The van der Waals surface area contributed by atoms with E-state index in [9.17, 15) is 0 Å². The van der Waals surface area contributed by atoms with Crippen LogP contribution in [0, 0.1) is 0 Å². The highest BCUT2D eigenvalue weighted by Gasteiger charge is 2.07. The number of halogens is 1. The maximum atomic E-state index is 8.59. The second kappa shape index (κ2) is 7.20. The fourth-order valence-electron chi connectivity index (χ4n) is 1.51. The molecule has 0 aromatic heterocycles. The van der Waals surface area contributed by atoms with Crippen molar-refractivity contribution in [2.24, 2.45) is 10.9 Å². The van der Waals surface area contributed by atoms with Crippen molar-refractivity contribution in [3.8, 4) is 0 Å². The molecule has 0 heterocycles. The Balaban J connectivity index is 2.74. The fraction of sp³-hybridized carbons (Fsp3) is 0.417. The number of rotatable bonds is 6. The molecule has 0 fully saturated rings. The van der Waals surface area contributed by atoms with Crippen LogP contribution < -0.4 is 5.73 Å². The van der Waals surface area contributed by atoms with Crippen LogP contribution in [0.15, 0.2) is 23.4 Å². The van der Waals surface area contributed by atoms with E-state index in [0.717, 1.165) is 18.7 Å². The van der Waals surface area contributed by atoms with Gasteiger partial charge in [-0.15, -0.1) is 0 Å². The molecule has 6 heteroatoms. The third kappa shape index (κ3) is 4.18. The molecule has 0 amide bonds. The van der Waals surface area contributed by atoms with E-state index in [2.05, 4.69) is 10.1 Å². The summed E-state index contributed by atoms with van der Waals surface area (Å²) in [6.45, 7) is 2.23. The average molecular weight is 272 g/mol. The van der Waals surface area contributed by atoms with E-state index < -0.39 is 0 Å². The van der Waals surface area contributed by atoms with Gasteiger partial charge in [-0.3, -0.25) is 4.90 Å². The van der Waals surface area contributed by atoms with E-state index in [1.54, 1.807) is 19.2 Å². The SMILES string of the molecule is COCCN(C)Cc1ccc(/C(N)=N/O)cc1Cl. The number of likely N-dealkylation sites (N-methyl/N-ethyl adjacent to an activating group) is 1. The summed E-state index contributed by atoms with van der Waals surface area (Å²) in [4.78, 5) is 2.11. The van der Waals surface area contributed by atoms with Gasteiger partial charge in [-0.2, -0.15) is 0 Å². The van der Waals surface area contributed by atoms with Gasteiger partial charge < -0.3 is 15.7 Å². The number of amidine groups is 1. The van der Waals surface area contributed by atoms with Crippen LogP contribution in [-0.4, -0.2) is 43.3 Å². The molecule has 0 aliphatic carbocycles. The highest BCUT2D eigenvalue weighted by molar-refractivity contribution is 6.31. The van der Waals surface area contributed by atoms with E-state index in [0.29, 0.717) is 17.2 Å². The smallest absolute Gasteiger partial charge is 0.170 e. The van der Waals surface area contributed by atoms with Crippen molar-refractivity contribution in [3.05, 3.63) is 34.3 Å². The third-order valence-electron chi connectivity index (χ3n) is 2.57. The molecule has 0 atom stereocenters. The summed E-state index contributed by atoms with van der Waals surface area (Å²) in [6, 6.07) is 5.34. The van der Waals surface area contributed by atoms with Crippen LogP contribution in [0.2, 0.25) is 5.02 Å². The van der Waals surface area contributed by atoms with Crippen molar-refractivity contribution < 1.29 is 9.94 Å². The summed E-state index contributed by atoms with van der Waals surface area (Å²) < 4.78 is 5.01. The van der Waals surface area contributed by atoms with Crippen LogP contribution in [0.1, 0.15) is 11.1 Å². The van der Waals surface area contributed by atoms with Crippen molar-refractivity contribution in [2.45, 2.75) is 6.54 Å². The molecule has 0 aliphatic heterocycles.